The summed E-state index contributed by atoms with van der Waals surface area (Å²) in [4.78, 5) is 22.2. The molecule has 1 saturated carbocycles. The van der Waals surface area contributed by atoms with Crippen molar-refractivity contribution >= 4 is 33.0 Å². The molecule has 2 aromatic heterocycles. The topological polar surface area (TPSA) is 54.9 Å². The summed E-state index contributed by atoms with van der Waals surface area (Å²) in [5.41, 5.74) is 3.44. The molecule has 1 saturated heterocycles. The van der Waals surface area contributed by atoms with E-state index in [0.29, 0.717) is 12.5 Å². The van der Waals surface area contributed by atoms with E-state index in [4.69, 9.17) is 4.98 Å². The maximum atomic E-state index is 12.8. The van der Waals surface area contributed by atoms with Crippen molar-refractivity contribution in [3.8, 4) is 0 Å². The SMILES string of the molecule is Cc1ccc(Br)nc1CC(=O)[C@@H]1C[C@@]2(Cc3nc(C(C)(C)C)cs3)C[C@H]2N1. The fourth-order valence-electron chi connectivity index (χ4n) is 4.04. The second-order valence-electron chi connectivity index (χ2n) is 9.14. The number of Topliss-reactive ketones (excluding diaryl/α,β-unsaturated/α-hetero) is 1. The number of fused-ring (bicyclic) bond motifs is 1. The van der Waals surface area contributed by atoms with E-state index >= 15 is 0 Å². The van der Waals surface area contributed by atoms with E-state index in [-0.39, 0.29) is 22.7 Å². The summed E-state index contributed by atoms with van der Waals surface area (Å²) in [6.07, 6.45) is 3.48. The molecule has 6 heteroatoms. The minimum atomic E-state index is -0.0500. The number of piperidine rings is 1. The van der Waals surface area contributed by atoms with E-state index in [0.717, 1.165) is 35.1 Å². The van der Waals surface area contributed by atoms with Gasteiger partial charge in [0.2, 0.25) is 0 Å². The lowest BCUT2D eigenvalue weighted by Gasteiger charge is -2.16. The molecule has 1 N–H and O–H groups in total. The van der Waals surface area contributed by atoms with Crippen LogP contribution in [0.25, 0.3) is 0 Å². The molecule has 0 radical (unpaired) electrons. The fourth-order valence-corrected chi connectivity index (χ4v) is 5.56. The van der Waals surface area contributed by atoms with Gasteiger partial charge in [0, 0.05) is 23.3 Å². The van der Waals surface area contributed by atoms with E-state index in [2.05, 4.69) is 52.4 Å². The molecule has 0 amide bonds. The molecule has 0 aromatic carbocycles. The summed E-state index contributed by atoms with van der Waals surface area (Å²) >= 11 is 5.17. The first-order valence-electron chi connectivity index (χ1n) is 9.52. The number of carbonyl (C=O) groups is 1. The Morgan fingerprint density at radius 1 is 1.33 bits per heavy atom. The molecule has 0 spiro atoms. The van der Waals surface area contributed by atoms with E-state index < -0.39 is 0 Å². The van der Waals surface area contributed by atoms with E-state index in [1.807, 2.05) is 19.1 Å². The maximum absolute atomic E-state index is 12.8. The Morgan fingerprint density at radius 2 is 2.11 bits per heavy atom. The molecule has 27 heavy (non-hydrogen) atoms. The molecular weight excluding hydrogens is 422 g/mol. The van der Waals surface area contributed by atoms with Crippen molar-refractivity contribution in [2.45, 2.75) is 70.9 Å². The summed E-state index contributed by atoms with van der Waals surface area (Å²) < 4.78 is 0.785. The van der Waals surface area contributed by atoms with Crippen molar-refractivity contribution < 1.29 is 4.79 Å². The van der Waals surface area contributed by atoms with Crippen LogP contribution >= 0.6 is 27.3 Å². The summed E-state index contributed by atoms with van der Waals surface area (Å²) in [5, 5.41) is 6.97. The first kappa shape index (κ1) is 19.2. The summed E-state index contributed by atoms with van der Waals surface area (Å²) in [6, 6.07) is 4.34. The number of hydrogen-bond donors (Lipinski definition) is 1. The second-order valence-corrected chi connectivity index (χ2v) is 10.9. The van der Waals surface area contributed by atoms with Gasteiger partial charge in [-0.05, 0) is 52.7 Å². The zero-order valence-corrected chi connectivity index (χ0v) is 18.7. The number of nitrogens with zero attached hydrogens (tertiary/aromatic N) is 2. The zero-order valence-electron chi connectivity index (χ0n) is 16.3. The molecule has 4 rings (SSSR count). The maximum Gasteiger partial charge on any atom is 0.155 e. The number of ketones is 1. The zero-order chi connectivity index (χ0) is 19.4. The van der Waals surface area contributed by atoms with Gasteiger partial charge in [0.25, 0.3) is 0 Å². The van der Waals surface area contributed by atoms with Gasteiger partial charge in [-0.3, -0.25) is 4.79 Å². The number of pyridine rings is 1. The molecule has 0 unspecified atom stereocenters. The van der Waals surface area contributed by atoms with Crippen molar-refractivity contribution in [2.75, 3.05) is 0 Å². The number of aromatic nitrogens is 2. The molecule has 3 heterocycles. The highest BCUT2D eigenvalue weighted by atomic mass is 79.9. The third-order valence-electron chi connectivity index (χ3n) is 5.92. The monoisotopic (exact) mass is 447 g/mol. The first-order chi connectivity index (χ1) is 12.7. The Bertz CT molecular complexity index is 888. The summed E-state index contributed by atoms with van der Waals surface area (Å²) in [7, 11) is 0. The highest BCUT2D eigenvalue weighted by molar-refractivity contribution is 9.10. The average molecular weight is 448 g/mol. The largest absolute Gasteiger partial charge is 0.304 e. The second kappa shape index (κ2) is 6.75. The van der Waals surface area contributed by atoms with Crippen LogP contribution < -0.4 is 5.32 Å². The molecule has 4 nitrogen and oxygen atoms in total. The molecule has 3 atom stereocenters. The molecule has 2 aliphatic rings. The number of hydrogen-bond acceptors (Lipinski definition) is 5. The third-order valence-corrected chi connectivity index (χ3v) is 7.21. The number of carbonyl (C=O) groups excluding carboxylic acids is 1. The smallest absolute Gasteiger partial charge is 0.155 e. The predicted molar refractivity (Wildman–Crippen MR) is 112 cm³/mol. The molecule has 2 fully saturated rings. The molecule has 0 bridgehead atoms. The lowest BCUT2D eigenvalue weighted by Crippen LogP contribution is -2.35. The van der Waals surface area contributed by atoms with Gasteiger partial charge in [-0.1, -0.05) is 26.8 Å². The number of nitrogens with one attached hydrogen (secondary N) is 1. The van der Waals surface area contributed by atoms with E-state index in [9.17, 15) is 4.79 Å². The number of aryl methyl sites for hydroxylation is 1. The van der Waals surface area contributed by atoms with Gasteiger partial charge < -0.3 is 5.32 Å². The Morgan fingerprint density at radius 3 is 2.81 bits per heavy atom. The average Bonchev–Trinajstić information content (AvgIpc) is 2.94. The standard InChI is InChI=1S/C21H26BrN3OS/c1-12-5-6-18(22)24-13(12)7-15(26)14-8-21(9-16(21)23-14)10-19-25-17(11-27-19)20(2,3)4/h5-6,11,14,16,23H,7-10H2,1-4H3/t14-,16+,21-/m0/s1. The Balaban J connectivity index is 1.41. The van der Waals surface area contributed by atoms with Gasteiger partial charge in [0.1, 0.15) is 4.60 Å². The molecule has 1 aliphatic carbocycles. The van der Waals surface area contributed by atoms with Gasteiger partial charge >= 0.3 is 0 Å². The molecule has 1 aliphatic heterocycles. The summed E-state index contributed by atoms with van der Waals surface area (Å²) in [6.45, 7) is 8.62. The lowest BCUT2D eigenvalue weighted by atomic mass is 9.92. The minimum absolute atomic E-state index is 0.0500. The van der Waals surface area contributed by atoms with Gasteiger partial charge in [-0.15, -0.1) is 11.3 Å². The van der Waals surface area contributed by atoms with Crippen LogP contribution in [0.1, 0.15) is 55.6 Å². The first-order valence-corrected chi connectivity index (χ1v) is 11.2. The van der Waals surface area contributed by atoms with Crippen molar-refractivity contribution in [2.24, 2.45) is 5.41 Å². The van der Waals surface area contributed by atoms with Crippen LogP contribution in [0.15, 0.2) is 22.1 Å². The molecule has 144 valence electrons. The quantitative estimate of drug-likeness (QED) is 0.690. The highest BCUT2D eigenvalue weighted by Gasteiger charge is 2.61. The highest BCUT2D eigenvalue weighted by Crippen LogP contribution is 2.57. The Hall–Kier alpha value is -1.11. The minimum Gasteiger partial charge on any atom is -0.304 e. The van der Waals surface area contributed by atoms with E-state index in [1.54, 1.807) is 11.3 Å². The van der Waals surface area contributed by atoms with Crippen molar-refractivity contribution in [3.63, 3.8) is 0 Å². The van der Waals surface area contributed by atoms with Crippen LogP contribution in [0.3, 0.4) is 0 Å². The van der Waals surface area contributed by atoms with Crippen LogP contribution in [-0.2, 0) is 23.1 Å². The third kappa shape index (κ3) is 3.89. The normalized spacial score (nSPS) is 26.9. The lowest BCUT2D eigenvalue weighted by molar-refractivity contribution is -0.120. The summed E-state index contributed by atoms with van der Waals surface area (Å²) in [5.74, 6) is 0.254. The van der Waals surface area contributed by atoms with E-state index in [1.165, 1.54) is 10.7 Å². The number of rotatable bonds is 5. The molecular formula is C21H26BrN3OS. The van der Waals surface area contributed by atoms with Crippen LogP contribution in [0.2, 0.25) is 0 Å². The van der Waals surface area contributed by atoms with Crippen LogP contribution in [0, 0.1) is 12.3 Å². The van der Waals surface area contributed by atoms with Crippen molar-refractivity contribution in [1.82, 2.24) is 15.3 Å². The van der Waals surface area contributed by atoms with Crippen LogP contribution in [-0.4, -0.2) is 27.8 Å². The fraction of sp³-hybridized carbons (Fsp3) is 0.571. The number of halogens is 1. The van der Waals surface area contributed by atoms with Crippen LogP contribution in [0.5, 0.6) is 0 Å². The van der Waals surface area contributed by atoms with Gasteiger partial charge in [-0.2, -0.15) is 0 Å². The van der Waals surface area contributed by atoms with Gasteiger partial charge in [-0.25, -0.2) is 9.97 Å². The van der Waals surface area contributed by atoms with Crippen LogP contribution in [0.4, 0.5) is 0 Å². The van der Waals surface area contributed by atoms with Gasteiger partial charge in [0.15, 0.2) is 5.78 Å². The van der Waals surface area contributed by atoms with Crippen molar-refractivity contribution in [1.29, 1.82) is 0 Å². The van der Waals surface area contributed by atoms with Crippen molar-refractivity contribution in [3.05, 3.63) is 44.1 Å². The van der Waals surface area contributed by atoms with Gasteiger partial charge in [0.05, 0.1) is 28.9 Å². The predicted octanol–water partition coefficient (Wildman–Crippen LogP) is 4.38. The Labute approximate surface area is 173 Å². The molecule has 2 aromatic rings. The Kier molecular flexibility index (Phi) is 4.80. The number of thiazole rings is 1.